The van der Waals surface area contributed by atoms with Crippen molar-refractivity contribution in [2.75, 3.05) is 6.61 Å². The Morgan fingerprint density at radius 3 is 2.14 bits per heavy atom. The molecule has 0 fully saturated rings. The van der Waals surface area contributed by atoms with Gasteiger partial charge >= 0.3 is 5.97 Å². The fourth-order valence-corrected chi connectivity index (χ4v) is 3.16. The summed E-state index contributed by atoms with van der Waals surface area (Å²) in [6.45, 7) is 9.01. The van der Waals surface area contributed by atoms with E-state index in [1.807, 2.05) is 30.3 Å². The molecule has 0 radical (unpaired) electrons. The molecular weight excluding hydrogens is 364 g/mol. The molecule has 2 aromatic carbocycles. The molecule has 2 aromatic rings. The predicted molar refractivity (Wildman–Crippen MR) is 116 cm³/mol. The van der Waals surface area contributed by atoms with Gasteiger partial charge in [-0.2, -0.15) is 0 Å². The second kappa shape index (κ2) is 12.3. The van der Waals surface area contributed by atoms with Crippen molar-refractivity contribution in [3.63, 3.8) is 0 Å². The zero-order chi connectivity index (χ0) is 21.1. The monoisotopic (exact) mass is 398 g/mol. The van der Waals surface area contributed by atoms with E-state index in [2.05, 4.69) is 39.8 Å². The Labute approximate surface area is 175 Å². The minimum atomic E-state index is -0.348. The van der Waals surface area contributed by atoms with Crippen molar-refractivity contribution in [3.8, 4) is 11.5 Å². The lowest BCUT2D eigenvalue weighted by Gasteiger charge is -2.23. The number of hydrogen-bond donors (Lipinski definition) is 0. The van der Waals surface area contributed by atoms with Crippen molar-refractivity contribution in [1.29, 1.82) is 0 Å². The molecule has 0 spiro atoms. The van der Waals surface area contributed by atoms with Crippen LogP contribution in [0.2, 0.25) is 0 Å². The van der Waals surface area contributed by atoms with Gasteiger partial charge in [-0.25, -0.2) is 0 Å². The number of ether oxygens (including phenoxy) is 3. The van der Waals surface area contributed by atoms with Crippen LogP contribution in [0.15, 0.2) is 54.6 Å². The topological polar surface area (TPSA) is 44.8 Å². The number of hydrogen-bond acceptors (Lipinski definition) is 4. The summed E-state index contributed by atoms with van der Waals surface area (Å²) < 4.78 is 17.2. The molecule has 0 aliphatic carbocycles. The van der Waals surface area contributed by atoms with Crippen molar-refractivity contribution in [2.24, 2.45) is 5.92 Å². The van der Waals surface area contributed by atoms with Crippen molar-refractivity contribution >= 4 is 5.97 Å². The van der Waals surface area contributed by atoms with Gasteiger partial charge in [0.15, 0.2) is 0 Å². The Kier molecular flexibility index (Phi) is 9.72. The number of esters is 1. The molecule has 4 nitrogen and oxygen atoms in total. The Bertz CT molecular complexity index is 705. The highest BCUT2D eigenvalue weighted by molar-refractivity contribution is 5.72. The van der Waals surface area contributed by atoms with Gasteiger partial charge < -0.3 is 14.2 Å². The van der Waals surface area contributed by atoms with Crippen molar-refractivity contribution in [3.05, 3.63) is 60.2 Å². The molecule has 1 unspecified atom stereocenters. The van der Waals surface area contributed by atoms with E-state index in [0.29, 0.717) is 31.1 Å². The fourth-order valence-electron chi connectivity index (χ4n) is 3.16. The van der Waals surface area contributed by atoms with Crippen LogP contribution in [-0.4, -0.2) is 18.9 Å². The third kappa shape index (κ3) is 7.90. The largest absolute Gasteiger partial charge is 0.465 e. The van der Waals surface area contributed by atoms with E-state index < -0.39 is 0 Å². The van der Waals surface area contributed by atoms with Crippen LogP contribution in [-0.2, 0) is 9.53 Å². The SMILES string of the molecule is CCC(CC)c1ccc(OC(OCCCC(=O)Oc2ccccc2)C(C)C)cc1. The number of para-hydroxylation sites is 1. The van der Waals surface area contributed by atoms with Gasteiger partial charge in [0.25, 0.3) is 0 Å². The minimum absolute atomic E-state index is 0.199. The first-order valence-electron chi connectivity index (χ1n) is 10.7. The zero-order valence-corrected chi connectivity index (χ0v) is 18.1. The second-order valence-corrected chi connectivity index (χ2v) is 7.57. The van der Waals surface area contributed by atoms with Gasteiger partial charge in [0.05, 0.1) is 6.61 Å². The molecule has 0 N–H and O–H groups in total. The summed E-state index contributed by atoms with van der Waals surface area (Å²) in [5.41, 5.74) is 1.35. The molecule has 0 saturated heterocycles. The lowest BCUT2D eigenvalue weighted by atomic mass is 9.94. The average Bonchev–Trinajstić information content (AvgIpc) is 2.73. The second-order valence-electron chi connectivity index (χ2n) is 7.57. The highest BCUT2D eigenvalue weighted by Gasteiger charge is 2.17. The lowest BCUT2D eigenvalue weighted by Crippen LogP contribution is -2.27. The number of carbonyl (C=O) groups is 1. The van der Waals surface area contributed by atoms with Gasteiger partial charge in [0.2, 0.25) is 6.29 Å². The van der Waals surface area contributed by atoms with E-state index in [4.69, 9.17) is 14.2 Å². The van der Waals surface area contributed by atoms with Gasteiger partial charge in [-0.15, -0.1) is 0 Å². The highest BCUT2D eigenvalue weighted by atomic mass is 16.7. The maximum absolute atomic E-state index is 11.9. The van der Waals surface area contributed by atoms with Gasteiger partial charge in [0, 0.05) is 12.3 Å². The van der Waals surface area contributed by atoms with E-state index >= 15 is 0 Å². The molecule has 29 heavy (non-hydrogen) atoms. The predicted octanol–water partition coefficient (Wildman–Crippen LogP) is 6.35. The third-order valence-electron chi connectivity index (χ3n) is 4.92. The zero-order valence-electron chi connectivity index (χ0n) is 18.1. The van der Waals surface area contributed by atoms with E-state index in [0.717, 1.165) is 18.6 Å². The van der Waals surface area contributed by atoms with Crippen LogP contribution in [0.3, 0.4) is 0 Å². The van der Waals surface area contributed by atoms with Gasteiger partial charge in [-0.3, -0.25) is 4.79 Å². The first kappa shape index (κ1) is 23.0. The number of benzene rings is 2. The summed E-state index contributed by atoms with van der Waals surface area (Å²) in [7, 11) is 0. The molecule has 4 heteroatoms. The molecule has 0 bridgehead atoms. The van der Waals surface area contributed by atoms with Crippen LogP contribution >= 0.6 is 0 Å². The van der Waals surface area contributed by atoms with Crippen molar-refractivity contribution in [1.82, 2.24) is 0 Å². The number of carbonyl (C=O) groups excluding carboxylic acids is 1. The minimum Gasteiger partial charge on any atom is -0.465 e. The first-order chi connectivity index (χ1) is 14.0. The molecule has 2 rings (SSSR count). The highest BCUT2D eigenvalue weighted by Crippen LogP contribution is 2.26. The summed E-state index contributed by atoms with van der Waals surface area (Å²) >= 11 is 0. The molecular formula is C25H34O4. The molecule has 158 valence electrons. The van der Waals surface area contributed by atoms with Crippen LogP contribution < -0.4 is 9.47 Å². The van der Waals surface area contributed by atoms with Gasteiger partial charge in [0.1, 0.15) is 11.5 Å². The Balaban J connectivity index is 1.77. The standard InChI is InChI=1S/C25H34O4/c1-5-20(6-2)21-14-16-23(17-15-21)29-25(19(3)4)27-18-10-13-24(26)28-22-11-8-7-9-12-22/h7-9,11-12,14-17,19-20,25H,5-6,10,13,18H2,1-4H3. The first-order valence-corrected chi connectivity index (χ1v) is 10.7. The molecule has 0 heterocycles. The van der Waals surface area contributed by atoms with E-state index in [1.54, 1.807) is 12.1 Å². The molecule has 1 atom stereocenters. The van der Waals surface area contributed by atoms with E-state index in [1.165, 1.54) is 5.56 Å². The summed E-state index contributed by atoms with van der Waals surface area (Å²) in [6.07, 6.45) is 2.83. The smallest absolute Gasteiger partial charge is 0.311 e. The van der Waals surface area contributed by atoms with Crippen LogP contribution in [0.4, 0.5) is 0 Å². The summed E-state index contributed by atoms with van der Waals surface area (Å²) in [6, 6.07) is 17.4. The maximum atomic E-state index is 11.9. The van der Waals surface area contributed by atoms with Gasteiger partial charge in [-0.1, -0.05) is 58.0 Å². The van der Waals surface area contributed by atoms with Crippen LogP contribution in [0, 0.1) is 5.92 Å². The summed E-state index contributed by atoms with van der Waals surface area (Å²) in [4.78, 5) is 11.9. The third-order valence-corrected chi connectivity index (χ3v) is 4.92. The van der Waals surface area contributed by atoms with E-state index in [9.17, 15) is 4.79 Å². The summed E-state index contributed by atoms with van der Waals surface area (Å²) in [5.74, 6) is 1.92. The quantitative estimate of drug-likeness (QED) is 0.181. The van der Waals surface area contributed by atoms with Crippen LogP contribution in [0.1, 0.15) is 64.9 Å². The van der Waals surface area contributed by atoms with Crippen LogP contribution in [0.25, 0.3) is 0 Å². The van der Waals surface area contributed by atoms with Crippen LogP contribution in [0.5, 0.6) is 11.5 Å². The summed E-state index contributed by atoms with van der Waals surface area (Å²) in [5, 5.41) is 0. The molecule has 0 aliphatic rings. The van der Waals surface area contributed by atoms with E-state index in [-0.39, 0.29) is 18.2 Å². The molecule has 0 aliphatic heterocycles. The van der Waals surface area contributed by atoms with Crippen molar-refractivity contribution in [2.45, 2.75) is 65.6 Å². The maximum Gasteiger partial charge on any atom is 0.311 e. The molecule has 0 aromatic heterocycles. The molecule has 0 saturated carbocycles. The van der Waals surface area contributed by atoms with Crippen molar-refractivity contribution < 1.29 is 19.0 Å². The fraction of sp³-hybridized carbons (Fsp3) is 0.480. The Morgan fingerprint density at radius 1 is 0.897 bits per heavy atom. The Morgan fingerprint density at radius 2 is 1.55 bits per heavy atom. The molecule has 0 amide bonds. The lowest BCUT2D eigenvalue weighted by molar-refractivity contribution is -0.136. The number of rotatable bonds is 12. The van der Waals surface area contributed by atoms with Gasteiger partial charge in [-0.05, 0) is 55.0 Å². The normalized spacial score (nSPS) is 12.2. The average molecular weight is 399 g/mol. The Hall–Kier alpha value is -2.33.